The summed E-state index contributed by atoms with van der Waals surface area (Å²) in [5, 5.41) is 13.6. The van der Waals surface area contributed by atoms with Gasteiger partial charge in [0.15, 0.2) is 0 Å². The van der Waals surface area contributed by atoms with Crippen LogP contribution in [-0.2, 0) is 13.5 Å². The molecule has 1 saturated carbocycles. The molecule has 0 amide bonds. The van der Waals surface area contributed by atoms with E-state index in [1.165, 1.54) is 0 Å². The van der Waals surface area contributed by atoms with E-state index in [4.69, 9.17) is 0 Å². The summed E-state index contributed by atoms with van der Waals surface area (Å²) in [4.78, 5) is 0. The third kappa shape index (κ3) is 1.28. The third-order valence-electron chi connectivity index (χ3n) is 2.26. The first-order valence-electron chi connectivity index (χ1n) is 3.89. The predicted octanol–water partition coefficient (Wildman–Crippen LogP) is 0.487. The van der Waals surface area contributed by atoms with Crippen molar-refractivity contribution in [3.05, 3.63) is 18.0 Å². The number of hydrogen-bond donors (Lipinski definition) is 1. The first-order valence-corrected chi connectivity index (χ1v) is 3.89. The van der Waals surface area contributed by atoms with Crippen LogP contribution in [0.2, 0.25) is 0 Å². The van der Waals surface area contributed by atoms with Crippen molar-refractivity contribution in [2.24, 2.45) is 7.05 Å². The molecule has 1 fully saturated rings. The first kappa shape index (κ1) is 6.85. The molecule has 1 aromatic heterocycles. The quantitative estimate of drug-likeness (QED) is 0.669. The molecule has 1 aromatic rings. The summed E-state index contributed by atoms with van der Waals surface area (Å²) in [5.74, 6) is 0. The van der Waals surface area contributed by atoms with E-state index in [0.29, 0.717) is 0 Å². The predicted molar refractivity (Wildman–Crippen MR) is 41.1 cm³/mol. The summed E-state index contributed by atoms with van der Waals surface area (Å²) in [7, 11) is 1.90. The topological polar surface area (TPSA) is 38.0 Å². The number of hydrogen-bond acceptors (Lipinski definition) is 2. The summed E-state index contributed by atoms with van der Waals surface area (Å²) in [6.45, 7) is 0. The fourth-order valence-electron chi connectivity index (χ4n) is 1.23. The zero-order chi connectivity index (χ0) is 7.90. The van der Waals surface area contributed by atoms with Crippen LogP contribution in [0.4, 0.5) is 0 Å². The molecule has 0 radical (unpaired) electrons. The summed E-state index contributed by atoms with van der Waals surface area (Å²) >= 11 is 0. The molecule has 0 saturated heterocycles. The van der Waals surface area contributed by atoms with E-state index in [2.05, 4.69) is 5.10 Å². The van der Waals surface area contributed by atoms with Gasteiger partial charge in [-0.15, -0.1) is 0 Å². The van der Waals surface area contributed by atoms with Crippen LogP contribution in [0.25, 0.3) is 0 Å². The molecule has 11 heavy (non-hydrogen) atoms. The lowest BCUT2D eigenvalue weighted by atomic mass is 10.2. The first-order chi connectivity index (χ1) is 5.20. The number of aromatic nitrogens is 2. The molecule has 3 nitrogen and oxygen atoms in total. The molecule has 3 heteroatoms. The summed E-state index contributed by atoms with van der Waals surface area (Å²) in [6, 6.07) is 1.95. The maximum absolute atomic E-state index is 9.58. The van der Waals surface area contributed by atoms with Crippen LogP contribution in [0.15, 0.2) is 12.3 Å². The van der Waals surface area contributed by atoms with Crippen molar-refractivity contribution in [3.8, 4) is 0 Å². The molecule has 0 unspecified atom stereocenters. The number of aliphatic hydroxyl groups is 1. The number of rotatable bonds is 2. The summed E-state index contributed by atoms with van der Waals surface area (Å²) < 4.78 is 1.82. The van der Waals surface area contributed by atoms with Crippen molar-refractivity contribution in [1.82, 2.24) is 9.78 Å². The van der Waals surface area contributed by atoms with Crippen LogP contribution in [0.3, 0.4) is 0 Å². The van der Waals surface area contributed by atoms with Crippen molar-refractivity contribution < 1.29 is 5.11 Å². The van der Waals surface area contributed by atoms with E-state index in [9.17, 15) is 5.11 Å². The van der Waals surface area contributed by atoms with Crippen LogP contribution in [0, 0.1) is 0 Å². The van der Waals surface area contributed by atoms with E-state index >= 15 is 0 Å². The molecule has 0 spiro atoms. The van der Waals surface area contributed by atoms with Crippen molar-refractivity contribution >= 4 is 0 Å². The molecule has 1 N–H and O–H groups in total. The Balaban J connectivity index is 2.12. The van der Waals surface area contributed by atoms with Crippen molar-refractivity contribution in [2.75, 3.05) is 0 Å². The molecule has 60 valence electrons. The van der Waals surface area contributed by atoms with Crippen LogP contribution in [0.5, 0.6) is 0 Å². The molecule has 1 heterocycles. The maximum atomic E-state index is 9.58. The summed E-state index contributed by atoms with van der Waals surface area (Å²) in [6.07, 6.45) is 4.40. The van der Waals surface area contributed by atoms with Gasteiger partial charge in [-0.25, -0.2) is 0 Å². The molecule has 0 aliphatic heterocycles. The average molecular weight is 152 g/mol. The van der Waals surface area contributed by atoms with Crippen LogP contribution in [0.1, 0.15) is 18.5 Å². The minimum Gasteiger partial charge on any atom is -0.389 e. The monoisotopic (exact) mass is 152 g/mol. The Bertz CT molecular complexity index is 263. The highest BCUT2D eigenvalue weighted by atomic mass is 16.3. The molecule has 1 aliphatic rings. The van der Waals surface area contributed by atoms with Gasteiger partial charge in [-0.2, -0.15) is 5.10 Å². The van der Waals surface area contributed by atoms with Gasteiger partial charge >= 0.3 is 0 Å². The Morgan fingerprint density at radius 3 is 2.91 bits per heavy atom. The van der Waals surface area contributed by atoms with E-state index < -0.39 is 5.60 Å². The zero-order valence-electron chi connectivity index (χ0n) is 6.62. The van der Waals surface area contributed by atoms with Gasteiger partial charge in [0.25, 0.3) is 0 Å². The van der Waals surface area contributed by atoms with Crippen molar-refractivity contribution in [2.45, 2.75) is 24.9 Å². The van der Waals surface area contributed by atoms with Gasteiger partial charge in [-0.3, -0.25) is 4.68 Å². The molecular formula is C8H12N2O. The van der Waals surface area contributed by atoms with Gasteiger partial charge in [0.05, 0.1) is 5.60 Å². The minimum absolute atomic E-state index is 0.395. The SMILES string of the molecule is Cn1nccc1CC1(O)CC1. The van der Waals surface area contributed by atoms with E-state index in [1.807, 2.05) is 17.8 Å². The Labute approximate surface area is 65.7 Å². The molecular weight excluding hydrogens is 140 g/mol. The highest BCUT2D eigenvalue weighted by Crippen LogP contribution is 2.37. The van der Waals surface area contributed by atoms with Crippen LogP contribution in [-0.4, -0.2) is 20.5 Å². The Kier molecular flexibility index (Phi) is 1.29. The van der Waals surface area contributed by atoms with Gasteiger partial charge in [0.1, 0.15) is 0 Å². The van der Waals surface area contributed by atoms with Gasteiger partial charge in [0, 0.05) is 25.4 Å². The minimum atomic E-state index is -0.395. The van der Waals surface area contributed by atoms with Gasteiger partial charge in [-0.1, -0.05) is 0 Å². The lowest BCUT2D eigenvalue weighted by molar-refractivity contribution is 0.148. The molecule has 2 rings (SSSR count). The molecule has 0 atom stereocenters. The van der Waals surface area contributed by atoms with Crippen LogP contribution >= 0.6 is 0 Å². The smallest absolute Gasteiger partial charge is 0.0705 e. The lowest BCUT2D eigenvalue weighted by Crippen LogP contribution is -2.13. The van der Waals surface area contributed by atoms with Gasteiger partial charge in [-0.05, 0) is 18.9 Å². The van der Waals surface area contributed by atoms with E-state index in [-0.39, 0.29) is 0 Å². The average Bonchev–Trinajstić information content (AvgIpc) is 2.54. The Hall–Kier alpha value is -0.830. The van der Waals surface area contributed by atoms with Crippen LogP contribution < -0.4 is 0 Å². The normalized spacial score (nSPS) is 20.2. The van der Waals surface area contributed by atoms with Crippen molar-refractivity contribution in [3.63, 3.8) is 0 Å². The highest BCUT2D eigenvalue weighted by molar-refractivity contribution is 5.09. The second-order valence-electron chi connectivity index (χ2n) is 3.35. The molecule has 0 aromatic carbocycles. The van der Waals surface area contributed by atoms with Crippen molar-refractivity contribution in [1.29, 1.82) is 0 Å². The highest BCUT2D eigenvalue weighted by Gasteiger charge is 2.40. The fourth-order valence-corrected chi connectivity index (χ4v) is 1.23. The van der Waals surface area contributed by atoms with Gasteiger partial charge in [0.2, 0.25) is 0 Å². The maximum Gasteiger partial charge on any atom is 0.0705 e. The lowest BCUT2D eigenvalue weighted by Gasteiger charge is -2.06. The zero-order valence-corrected chi connectivity index (χ0v) is 6.62. The summed E-state index contributed by atoms with van der Waals surface area (Å²) in [5.41, 5.74) is 0.721. The fraction of sp³-hybridized carbons (Fsp3) is 0.625. The van der Waals surface area contributed by atoms with E-state index in [1.54, 1.807) is 6.20 Å². The number of aryl methyl sites for hydroxylation is 1. The second-order valence-corrected chi connectivity index (χ2v) is 3.35. The van der Waals surface area contributed by atoms with E-state index in [0.717, 1.165) is 25.0 Å². The standard InChI is InChI=1S/C8H12N2O/c1-10-7(2-5-9-10)6-8(11)3-4-8/h2,5,11H,3-4,6H2,1H3. The number of nitrogens with zero attached hydrogens (tertiary/aromatic N) is 2. The van der Waals surface area contributed by atoms with Gasteiger partial charge < -0.3 is 5.11 Å². The second kappa shape index (κ2) is 2.08. The Morgan fingerprint density at radius 2 is 2.45 bits per heavy atom. The molecule has 1 aliphatic carbocycles. The third-order valence-corrected chi connectivity index (χ3v) is 2.26. The largest absolute Gasteiger partial charge is 0.389 e. The Morgan fingerprint density at radius 1 is 1.73 bits per heavy atom. The molecule has 0 bridgehead atoms.